The molecule has 1 atom stereocenters. The van der Waals surface area contributed by atoms with Crippen molar-refractivity contribution in [2.45, 2.75) is 31.6 Å². The summed E-state index contributed by atoms with van der Waals surface area (Å²) in [5.41, 5.74) is 6.47. The SMILES string of the molecule is CC(N)C1CCN(S(=O)(=O)Cc2ccc(F)cc2)CC1.Cl. The molecule has 4 nitrogen and oxygen atoms in total. The predicted molar refractivity (Wildman–Crippen MR) is 84.2 cm³/mol. The average molecular weight is 337 g/mol. The van der Waals surface area contributed by atoms with E-state index in [1.165, 1.54) is 28.6 Å². The molecule has 1 saturated heterocycles. The van der Waals surface area contributed by atoms with E-state index < -0.39 is 10.0 Å². The first-order valence-corrected chi connectivity index (χ1v) is 8.47. The summed E-state index contributed by atoms with van der Waals surface area (Å²) in [6.45, 7) is 3.01. The molecule has 1 aromatic carbocycles. The van der Waals surface area contributed by atoms with Crippen LogP contribution in [0.4, 0.5) is 4.39 Å². The number of benzene rings is 1. The third-order valence-corrected chi connectivity index (χ3v) is 5.75. The maximum Gasteiger partial charge on any atom is 0.218 e. The Morgan fingerprint density at radius 1 is 1.29 bits per heavy atom. The molecule has 2 rings (SSSR count). The van der Waals surface area contributed by atoms with Gasteiger partial charge in [0.15, 0.2) is 0 Å². The summed E-state index contributed by atoms with van der Waals surface area (Å²) in [5.74, 6) is -0.0352. The molecule has 120 valence electrons. The van der Waals surface area contributed by atoms with Gasteiger partial charge in [-0.05, 0) is 43.4 Å². The normalized spacial score (nSPS) is 19.0. The van der Waals surface area contributed by atoms with E-state index in [1.54, 1.807) is 0 Å². The molecule has 0 saturated carbocycles. The molecule has 1 fully saturated rings. The first kappa shape index (κ1) is 18.4. The molecular formula is C14H22ClFN2O2S. The molecule has 2 N–H and O–H groups in total. The Labute approximate surface area is 132 Å². The van der Waals surface area contributed by atoms with Crippen molar-refractivity contribution < 1.29 is 12.8 Å². The Morgan fingerprint density at radius 2 is 1.81 bits per heavy atom. The number of nitrogens with two attached hydrogens (primary N) is 1. The quantitative estimate of drug-likeness (QED) is 0.916. The zero-order valence-electron chi connectivity index (χ0n) is 12.0. The Morgan fingerprint density at radius 3 is 2.29 bits per heavy atom. The van der Waals surface area contributed by atoms with Crippen molar-refractivity contribution in [3.63, 3.8) is 0 Å². The van der Waals surface area contributed by atoms with Gasteiger partial charge in [0.05, 0.1) is 5.75 Å². The zero-order chi connectivity index (χ0) is 14.8. The van der Waals surface area contributed by atoms with Crippen LogP contribution >= 0.6 is 12.4 Å². The highest BCUT2D eigenvalue weighted by molar-refractivity contribution is 7.88. The van der Waals surface area contributed by atoms with Crippen LogP contribution in [0, 0.1) is 11.7 Å². The van der Waals surface area contributed by atoms with E-state index in [9.17, 15) is 12.8 Å². The second kappa shape index (κ2) is 7.54. The first-order chi connectivity index (χ1) is 9.38. The highest BCUT2D eigenvalue weighted by atomic mass is 35.5. The highest BCUT2D eigenvalue weighted by Gasteiger charge is 2.29. The van der Waals surface area contributed by atoms with Gasteiger partial charge in [-0.3, -0.25) is 0 Å². The molecule has 0 amide bonds. The number of hydrogen-bond acceptors (Lipinski definition) is 3. The summed E-state index contributed by atoms with van der Waals surface area (Å²) in [6, 6.07) is 5.71. The number of nitrogens with zero attached hydrogens (tertiary/aromatic N) is 1. The summed E-state index contributed by atoms with van der Waals surface area (Å²) in [4.78, 5) is 0. The van der Waals surface area contributed by atoms with Gasteiger partial charge in [0.1, 0.15) is 5.82 Å². The number of hydrogen-bond donors (Lipinski definition) is 1. The molecule has 21 heavy (non-hydrogen) atoms. The van der Waals surface area contributed by atoms with Crippen LogP contribution in [0.3, 0.4) is 0 Å². The maximum absolute atomic E-state index is 12.8. The summed E-state index contributed by atoms with van der Waals surface area (Å²) in [7, 11) is -3.33. The Balaban J connectivity index is 0.00000220. The van der Waals surface area contributed by atoms with Gasteiger partial charge in [-0.15, -0.1) is 12.4 Å². The topological polar surface area (TPSA) is 63.4 Å². The number of sulfonamides is 1. The minimum atomic E-state index is -3.33. The largest absolute Gasteiger partial charge is 0.328 e. The van der Waals surface area contributed by atoms with E-state index in [-0.39, 0.29) is 30.0 Å². The second-order valence-corrected chi connectivity index (χ2v) is 7.45. The lowest BCUT2D eigenvalue weighted by atomic mass is 9.92. The van der Waals surface area contributed by atoms with E-state index in [2.05, 4.69) is 0 Å². The minimum absolute atomic E-state index is 0. The average Bonchev–Trinajstić information content (AvgIpc) is 2.41. The molecule has 1 aliphatic rings. The lowest BCUT2D eigenvalue weighted by Crippen LogP contribution is -2.42. The summed E-state index contributed by atoms with van der Waals surface area (Å²) < 4.78 is 39.0. The number of halogens is 2. The van der Waals surface area contributed by atoms with E-state index in [1.807, 2.05) is 6.92 Å². The molecular weight excluding hydrogens is 315 g/mol. The maximum atomic E-state index is 12.8. The molecule has 1 aromatic rings. The van der Waals surface area contributed by atoms with E-state index in [0.717, 1.165) is 12.8 Å². The van der Waals surface area contributed by atoms with Gasteiger partial charge in [0, 0.05) is 19.1 Å². The molecule has 1 heterocycles. The van der Waals surface area contributed by atoms with Crippen molar-refractivity contribution in [3.05, 3.63) is 35.6 Å². The first-order valence-electron chi connectivity index (χ1n) is 6.86. The van der Waals surface area contributed by atoms with Crippen LogP contribution in [-0.2, 0) is 15.8 Å². The molecule has 7 heteroatoms. The van der Waals surface area contributed by atoms with Crippen LogP contribution in [0.1, 0.15) is 25.3 Å². The lowest BCUT2D eigenvalue weighted by Gasteiger charge is -2.32. The van der Waals surface area contributed by atoms with Crippen LogP contribution < -0.4 is 5.73 Å². The van der Waals surface area contributed by atoms with Gasteiger partial charge < -0.3 is 5.73 Å². The Hall–Kier alpha value is -0.690. The van der Waals surface area contributed by atoms with Gasteiger partial charge in [0.25, 0.3) is 0 Å². The van der Waals surface area contributed by atoms with Crippen LogP contribution in [0.15, 0.2) is 24.3 Å². The van der Waals surface area contributed by atoms with Crippen LogP contribution in [0.5, 0.6) is 0 Å². The Bertz CT molecular complexity index is 541. The Kier molecular flexibility index (Phi) is 6.59. The van der Waals surface area contributed by atoms with Crippen LogP contribution in [-0.4, -0.2) is 31.9 Å². The van der Waals surface area contributed by atoms with Crippen molar-refractivity contribution in [1.29, 1.82) is 0 Å². The predicted octanol–water partition coefficient (Wildman–Crippen LogP) is 2.14. The molecule has 0 aliphatic carbocycles. The summed E-state index contributed by atoms with van der Waals surface area (Å²) in [6.07, 6.45) is 1.61. The third-order valence-electron chi connectivity index (χ3n) is 3.90. The summed E-state index contributed by atoms with van der Waals surface area (Å²) in [5, 5.41) is 0. The van der Waals surface area contributed by atoms with E-state index in [4.69, 9.17) is 5.73 Å². The van der Waals surface area contributed by atoms with Crippen molar-refractivity contribution in [2.24, 2.45) is 11.7 Å². The van der Waals surface area contributed by atoms with E-state index in [0.29, 0.717) is 24.6 Å². The van der Waals surface area contributed by atoms with Gasteiger partial charge in [-0.1, -0.05) is 12.1 Å². The molecule has 0 spiro atoms. The third kappa shape index (κ3) is 4.92. The molecule has 0 bridgehead atoms. The molecule has 0 radical (unpaired) electrons. The van der Waals surface area contributed by atoms with Gasteiger partial charge >= 0.3 is 0 Å². The van der Waals surface area contributed by atoms with Crippen molar-refractivity contribution >= 4 is 22.4 Å². The van der Waals surface area contributed by atoms with Crippen molar-refractivity contribution in [3.8, 4) is 0 Å². The van der Waals surface area contributed by atoms with Gasteiger partial charge in [-0.2, -0.15) is 0 Å². The number of piperidine rings is 1. The second-order valence-electron chi connectivity index (χ2n) is 5.48. The molecule has 1 unspecified atom stereocenters. The molecule has 0 aromatic heterocycles. The van der Waals surface area contributed by atoms with Gasteiger partial charge in [0.2, 0.25) is 10.0 Å². The van der Waals surface area contributed by atoms with Crippen molar-refractivity contribution in [1.82, 2.24) is 4.31 Å². The van der Waals surface area contributed by atoms with Crippen LogP contribution in [0.2, 0.25) is 0 Å². The van der Waals surface area contributed by atoms with Gasteiger partial charge in [-0.25, -0.2) is 17.1 Å². The van der Waals surface area contributed by atoms with E-state index >= 15 is 0 Å². The zero-order valence-corrected chi connectivity index (χ0v) is 13.7. The van der Waals surface area contributed by atoms with Crippen LogP contribution in [0.25, 0.3) is 0 Å². The fourth-order valence-corrected chi connectivity index (χ4v) is 4.13. The smallest absolute Gasteiger partial charge is 0.218 e. The summed E-state index contributed by atoms with van der Waals surface area (Å²) >= 11 is 0. The number of rotatable bonds is 4. The molecule has 1 aliphatic heterocycles. The lowest BCUT2D eigenvalue weighted by molar-refractivity contribution is 0.250. The minimum Gasteiger partial charge on any atom is -0.328 e. The fourth-order valence-electron chi connectivity index (χ4n) is 2.56. The highest BCUT2D eigenvalue weighted by Crippen LogP contribution is 2.23. The monoisotopic (exact) mass is 336 g/mol. The standard InChI is InChI=1S/C14H21FN2O2S.ClH/c1-11(16)13-6-8-17(9-7-13)20(18,19)10-12-2-4-14(15)5-3-12;/h2-5,11,13H,6-10,16H2,1H3;1H. The fraction of sp³-hybridized carbons (Fsp3) is 0.571. The van der Waals surface area contributed by atoms with Crippen molar-refractivity contribution in [2.75, 3.05) is 13.1 Å².